The van der Waals surface area contributed by atoms with Crippen LogP contribution in [0.25, 0.3) is 0 Å². The smallest absolute Gasteiger partial charge is 0.243 e. The summed E-state index contributed by atoms with van der Waals surface area (Å²) in [6.07, 6.45) is 0. The maximum Gasteiger partial charge on any atom is 0.243 e. The van der Waals surface area contributed by atoms with Crippen LogP contribution in [-0.4, -0.2) is 34.0 Å². The highest BCUT2D eigenvalue weighted by Crippen LogP contribution is 2.24. The fraction of sp³-hybridized carbons (Fsp3) is 0.286. The molecule has 1 aromatic carbocycles. The SMILES string of the molecule is CN(C)C(CNS(=O)(=O)c1ccc(Cl)cc1F)c1cccs1. The molecule has 1 aromatic heterocycles. The van der Waals surface area contributed by atoms with E-state index in [1.807, 2.05) is 36.5 Å². The predicted octanol–water partition coefficient (Wildman–Crippen LogP) is 3.12. The molecule has 4 nitrogen and oxygen atoms in total. The summed E-state index contributed by atoms with van der Waals surface area (Å²) in [5, 5.41) is 2.08. The van der Waals surface area contributed by atoms with E-state index in [4.69, 9.17) is 11.6 Å². The first-order valence-electron chi connectivity index (χ1n) is 6.46. The number of sulfonamides is 1. The molecular formula is C14H16ClFN2O2S2. The summed E-state index contributed by atoms with van der Waals surface area (Å²) < 4.78 is 40.8. The second kappa shape index (κ2) is 7.06. The molecular weight excluding hydrogens is 347 g/mol. The zero-order valence-corrected chi connectivity index (χ0v) is 14.5. The topological polar surface area (TPSA) is 49.4 Å². The average Bonchev–Trinajstić information content (AvgIpc) is 2.91. The molecule has 0 radical (unpaired) electrons. The number of benzene rings is 1. The van der Waals surface area contributed by atoms with E-state index >= 15 is 0 Å². The van der Waals surface area contributed by atoms with Crippen molar-refractivity contribution in [2.75, 3.05) is 20.6 Å². The van der Waals surface area contributed by atoms with Gasteiger partial charge in [0, 0.05) is 16.4 Å². The average molecular weight is 363 g/mol. The largest absolute Gasteiger partial charge is 0.300 e. The Hall–Kier alpha value is -0.990. The van der Waals surface area contributed by atoms with E-state index < -0.39 is 20.7 Å². The second-order valence-electron chi connectivity index (χ2n) is 4.92. The van der Waals surface area contributed by atoms with Crippen LogP contribution in [-0.2, 0) is 10.0 Å². The van der Waals surface area contributed by atoms with Gasteiger partial charge in [0.2, 0.25) is 10.0 Å². The molecule has 0 saturated heterocycles. The number of likely N-dealkylation sites (N-methyl/N-ethyl adjacent to an activating group) is 1. The number of rotatable bonds is 6. The molecule has 1 unspecified atom stereocenters. The number of nitrogens with zero attached hydrogens (tertiary/aromatic N) is 1. The van der Waals surface area contributed by atoms with Crippen LogP contribution in [0.15, 0.2) is 40.6 Å². The maximum atomic E-state index is 13.8. The number of nitrogens with one attached hydrogen (secondary N) is 1. The van der Waals surface area contributed by atoms with Crippen molar-refractivity contribution in [2.24, 2.45) is 0 Å². The second-order valence-corrected chi connectivity index (χ2v) is 8.07. The molecule has 1 N–H and O–H groups in total. The highest BCUT2D eigenvalue weighted by atomic mass is 35.5. The Balaban J connectivity index is 2.18. The van der Waals surface area contributed by atoms with Gasteiger partial charge < -0.3 is 4.90 Å². The van der Waals surface area contributed by atoms with Gasteiger partial charge in [0.25, 0.3) is 0 Å². The minimum absolute atomic E-state index is 0.120. The summed E-state index contributed by atoms with van der Waals surface area (Å²) in [7, 11) is -0.208. The van der Waals surface area contributed by atoms with E-state index in [2.05, 4.69) is 4.72 Å². The normalized spacial score (nSPS) is 13.5. The van der Waals surface area contributed by atoms with Crippen molar-refractivity contribution in [3.63, 3.8) is 0 Å². The van der Waals surface area contributed by atoms with Crippen LogP contribution in [0.5, 0.6) is 0 Å². The van der Waals surface area contributed by atoms with E-state index in [0.717, 1.165) is 17.0 Å². The third-order valence-electron chi connectivity index (χ3n) is 3.15. The molecule has 0 spiro atoms. The number of hydrogen-bond acceptors (Lipinski definition) is 4. The summed E-state index contributed by atoms with van der Waals surface area (Å²) in [5.74, 6) is -0.863. The van der Waals surface area contributed by atoms with Gasteiger partial charge in [0.15, 0.2) is 0 Å². The van der Waals surface area contributed by atoms with Gasteiger partial charge in [0.05, 0.1) is 6.04 Å². The molecule has 0 aliphatic carbocycles. The Bertz CT molecular complexity index is 733. The van der Waals surface area contributed by atoms with Crippen LogP contribution in [0.3, 0.4) is 0 Å². The lowest BCUT2D eigenvalue weighted by atomic mass is 10.2. The lowest BCUT2D eigenvalue weighted by Gasteiger charge is -2.23. The lowest BCUT2D eigenvalue weighted by Crippen LogP contribution is -2.34. The Morgan fingerprint density at radius 1 is 1.36 bits per heavy atom. The number of hydrogen-bond donors (Lipinski definition) is 1. The summed E-state index contributed by atoms with van der Waals surface area (Å²) in [4.78, 5) is 2.54. The van der Waals surface area contributed by atoms with Crippen LogP contribution < -0.4 is 4.72 Å². The predicted molar refractivity (Wildman–Crippen MR) is 87.3 cm³/mol. The summed E-state index contributed by atoms with van der Waals surface area (Å²) in [6.45, 7) is 0.151. The van der Waals surface area contributed by atoms with Gasteiger partial charge in [-0.25, -0.2) is 17.5 Å². The van der Waals surface area contributed by atoms with Crippen LogP contribution in [0.4, 0.5) is 4.39 Å². The van der Waals surface area contributed by atoms with Crippen molar-refractivity contribution in [2.45, 2.75) is 10.9 Å². The first kappa shape index (κ1) is 17.4. The Morgan fingerprint density at radius 2 is 2.09 bits per heavy atom. The van der Waals surface area contributed by atoms with E-state index in [0.29, 0.717) is 0 Å². The Kier molecular flexibility index (Phi) is 5.57. The molecule has 2 rings (SSSR count). The molecule has 0 aliphatic rings. The van der Waals surface area contributed by atoms with Gasteiger partial charge in [0.1, 0.15) is 10.7 Å². The molecule has 1 heterocycles. The van der Waals surface area contributed by atoms with E-state index in [1.54, 1.807) is 11.3 Å². The van der Waals surface area contributed by atoms with Crippen molar-refractivity contribution in [1.82, 2.24) is 9.62 Å². The Morgan fingerprint density at radius 3 is 2.64 bits per heavy atom. The zero-order valence-electron chi connectivity index (χ0n) is 12.1. The Labute approximate surface area is 138 Å². The van der Waals surface area contributed by atoms with Crippen molar-refractivity contribution >= 4 is 33.0 Å². The molecule has 0 saturated carbocycles. The molecule has 0 amide bonds. The van der Waals surface area contributed by atoms with E-state index in [-0.39, 0.29) is 17.6 Å². The van der Waals surface area contributed by atoms with Gasteiger partial charge in [-0.2, -0.15) is 0 Å². The highest BCUT2D eigenvalue weighted by molar-refractivity contribution is 7.89. The minimum Gasteiger partial charge on any atom is -0.300 e. The van der Waals surface area contributed by atoms with Gasteiger partial charge in [-0.1, -0.05) is 17.7 Å². The number of thiophene rings is 1. The monoisotopic (exact) mass is 362 g/mol. The van der Waals surface area contributed by atoms with Gasteiger partial charge in [-0.15, -0.1) is 11.3 Å². The zero-order chi connectivity index (χ0) is 16.3. The third kappa shape index (κ3) is 4.05. The third-order valence-corrected chi connectivity index (χ3v) is 5.81. The summed E-state index contributed by atoms with van der Waals surface area (Å²) in [5.41, 5.74) is 0. The molecule has 0 aliphatic heterocycles. The van der Waals surface area contributed by atoms with Crippen LogP contribution in [0, 0.1) is 5.82 Å². The molecule has 120 valence electrons. The first-order valence-corrected chi connectivity index (χ1v) is 9.20. The van der Waals surface area contributed by atoms with Gasteiger partial charge in [-0.05, 0) is 43.7 Å². The molecule has 2 aromatic rings. The maximum absolute atomic E-state index is 13.8. The van der Waals surface area contributed by atoms with Crippen molar-refractivity contribution < 1.29 is 12.8 Å². The highest BCUT2D eigenvalue weighted by Gasteiger charge is 2.22. The van der Waals surface area contributed by atoms with Crippen molar-refractivity contribution in [1.29, 1.82) is 0 Å². The molecule has 0 bridgehead atoms. The summed E-state index contributed by atoms with van der Waals surface area (Å²) in [6, 6.07) is 7.22. The fourth-order valence-corrected chi connectivity index (χ4v) is 4.16. The standard InChI is InChI=1S/C14H16ClFN2O2S2/c1-18(2)12(13-4-3-7-21-13)9-17-22(19,20)14-6-5-10(15)8-11(14)16/h3-8,12,17H,9H2,1-2H3. The van der Waals surface area contributed by atoms with Crippen LogP contribution >= 0.6 is 22.9 Å². The molecule has 8 heteroatoms. The van der Waals surface area contributed by atoms with Crippen LogP contribution in [0.1, 0.15) is 10.9 Å². The lowest BCUT2D eigenvalue weighted by molar-refractivity contribution is 0.303. The van der Waals surface area contributed by atoms with E-state index in [9.17, 15) is 12.8 Å². The van der Waals surface area contributed by atoms with Gasteiger partial charge in [-0.3, -0.25) is 0 Å². The van der Waals surface area contributed by atoms with Crippen molar-refractivity contribution in [3.8, 4) is 0 Å². The first-order chi connectivity index (χ1) is 10.3. The fourth-order valence-electron chi connectivity index (χ4n) is 1.98. The van der Waals surface area contributed by atoms with E-state index in [1.165, 1.54) is 6.07 Å². The minimum atomic E-state index is -3.93. The van der Waals surface area contributed by atoms with Crippen molar-refractivity contribution in [3.05, 3.63) is 51.4 Å². The summed E-state index contributed by atoms with van der Waals surface area (Å²) >= 11 is 7.19. The van der Waals surface area contributed by atoms with Gasteiger partial charge >= 0.3 is 0 Å². The quantitative estimate of drug-likeness (QED) is 0.858. The molecule has 22 heavy (non-hydrogen) atoms. The number of halogens is 2. The molecule has 0 fully saturated rings. The molecule has 1 atom stereocenters. The van der Waals surface area contributed by atoms with Crippen LogP contribution in [0.2, 0.25) is 5.02 Å².